The molecule has 0 aliphatic heterocycles. The van der Waals surface area contributed by atoms with Crippen LogP contribution in [0, 0.1) is 11.3 Å². The van der Waals surface area contributed by atoms with Crippen molar-refractivity contribution in [2.75, 3.05) is 7.11 Å². The molecule has 5 heteroatoms. The molecular weight excluding hydrogens is 255 g/mol. The van der Waals surface area contributed by atoms with E-state index in [9.17, 15) is 13.2 Å². The number of nitriles is 1. The topological polar surface area (TPSA) is 33.0 Å². The number of allylic oxidation sites excluding steroid dienone is 3. The van der Waals surface area contributed by atoms with Crippen LogP contribution in [0.25, 0.3) is 5.57 Å². The van der Waals surface area contributed by atoms with E-state index in [1.165, 1.54) is 31.4 Å². The van der Waals surface area contributed by atoms with E-state index < -0.39 is 11.7 Å². The SMILES string of the molecule is C=CC/C(C#N)=C(/c1ccccc1OC)C(F)(F)F. The smallest absolute Gasteiger partial charge is 0.418 e. The molecule has 1 aromatic carbocycles. The predicted octanol–water partition coefficient (Wildman–Crippen LogP) is 4.11. The first-order valence-corrected chi connectivity index (χ1v) is 5.40. The third kappa shape index (κ3) is 3.38. The number of hydrogen-bond donors (Lipinski definition) is 0. The summed E-state index contributed by atoms with van der Waals surface area (Å²) < 4.78 is 44.5. The van der Waals surface area contributed by atoms with Crippen molar-refractivity contribution in [2.45, 2.75) is 12.6 Å². The Morgan fingerprint density at radius 1 is 1.42 bits per heavy atom. The van der Waals surface area contributed by atoms with Crippen LogP contribution in [0.3, 0.4) is 0 Å². The fourth-order valence-electron chi connectivity index (χ4n) is 1.69. The predicted molar refractivity (Wildman–Crippen MR) is 66.4 cm³/mol. The molecule has 0 spiro atoms. The average Bonchev–Trinajstić information content (AvgIpc) is 2.37. The molecule has 0 atom stereocenters. The summed E-state index contributed by atoms with van der Waals surface area (Å²) in [6.45, 7) is 3.37. The Labute approximate surface area is 109 Å². The molecule has 100 valence electrons. The zero-order valence-electron chi connectivity index (χ0n) is 10.3. The molecule has 0 unspecified atom stereocenters. The molecule has 0 fully saturated rings. The highest BCUT2D eigenvalue weighted by atomic mass is 19.4. The summed E-state index contributed by atoms with van der Waals surface area (Å²) in [5, 5.41) is 8.92. The zero-order valence-corrected chi connectivity index (χ0v) is 10.3. The normalized spacial score (nSPS) is 12.4. The van der Waals surface area contributed by atoms with Gasteiger partial charge in [0.15, 0.2) is 0 Å². The minimum Gasteiger partial charge on any atom is -0.496 e. The molecule has 0 heterocycles. The van der Waals surface area contributed by atoms with E-state index in [0.29, 0.717) is 0 Å². The number of nitrogens with zero attached hydrogens (tertiary/aromatic N) is 1. The van der Waals surface area contributed by atoms with Gasteiger partial charge in [0.2, 0.25) is 0 Å². The lowest BCUT2D eigenvalue weighted by Crippen LogP contribution is -2.14. The molecule has 1 aromatic rings. The van der Waals surface area contributed by atoms with Crippen LogP contribution < -0.4 is 4.74 Å². The monoisotopic (exact) mass is 267 g/mol. The van der Waals surface area contributed by atoms with Crippen LogP contribution in [-0.4, -0.2) is 13.3 Å². The number of methoxy groups -OCH3 is 1. The van der Waals surface area contributed by atoms with E-state index in [4.69, 9.17) is 10.00 Å². The van der Waals surface area contributed by atoms with Gasteiger partial charge in [0.25, 0.3) is 0 Å². The van der Waals surface area contributed by atoms with Crippen molar-refractivity contribution in [1.29, 1.82) is 5.26 Å². The first kappa shape index (κ1) is 14.8. The Morgan fingerprint density at radius 3 is 2.53 bits per heavy atom. The van der Waals surface area contributed by atoms with E-state index in [1.54, 1.807) is 12.1 Å². The van der Waals surface area contributed by atoms with Crippen molar-refractivity contribution in [3.8, 4) is 11.8 Å². The summed E-state index contributed by atoms with van der Waals surface area (Å²) in [6, 6.07) is 7.32. The molecule has 0 bridgehead atoms. The fraction of sp³-hybridized carbons (Fsp3) is 0.214. The number of hydrogen-bond acceptors (Lipinski definition) is 2. The third-order valence-electron chi connectivity index (χ3n) is 2.44. The summed E-state index contributed by atoms with van der Waals surface area (Å²) in [6.07, 6.45) is -3.52. The number of para-hydroxylation sites is 1. The lowest BCUT2D eigenvalue weighted by molar-refractivity contribution is -0.0694. The van der Waals surface area contributed by atoms with Crippen LogP contribution in [0.15, 0.2) is 42.5 Å². The molecule has 0 N–H and O–H groups in total. The highest BCUT2D eigenvalue weighted by Crippen LogP contribution is 2.40. The number of rotatable bonds is 4. The maximum absolute atomic E-state index is 13.2. The third-order valence-corrected chi connectivity index (χ3v) is 2.44. The molecule has 19 heavy (non-hydrogen) atoms. The minimum atomic E-state index is -4.64. The Kier molecular flexibility index (Phi) is 4.76. The van der Waals surface area contributed by atoms with Crippen LogP contribution in [0.1, 0.15) is 12.0 Å². The fourth-order valence-corrected chi connectivity index (χ4v) is 1.69. The molecule has 0 radical (unpaired) electrons. The molecule has 2 nitrogen and oxygen atoms in total. The van der Waals surface area contributed by atoms with Gasteiger partial charge in [-0.05, 0) is 6.07 Å². The zero-order chi connectivity index (χ0) is 14.5. The van der Waals surface area contributed by atoms with Gasteiger partial charge >= 0.3 is 6.18 Å². The highest BCUT2D eigenvalue weighted by Gasteiger charge is 2.38. The summed E-state index contributed by atoms with van der Waals surface area (Å²) in [5.74, 6) is 0.0756. The highest BCUT2D eigenvalue weighted by molar-refractivity contribution is 5.79. The minimum absolute atomic E-state index is 0.0756. The number of halogens is 3. The van der Waals surface area contributed by atoms with Crippen LogP contribution >= 0.6 is 0 Å². The largest absolute Gasteiger partial charge is 0.496 e. The van der Waals surface area contributed by atoms with Crippen LogP contribution in [0.4, 0.5) is 13.2 Å². The Bertz CT molecular complexity index is 538. The molecular formula is C14H12F3NO. The van der Waals surface area contributed by atoms with Crippen molar-refractivity contribution in [3.05, 3.63) is 48.1 Å². The van der Waals surface area contributed by atoms with Crippen molar-refractivity contribution in [2.24, 2.45) is 0 Å². The van der Waals surface area contributed by atoms with Gasteiger partial charge in [-0.15, -0.1) is 6.58 Å². The molecule has 0 aliphatic carbocycles. The second-order valence-electron chi connectivity index (χ2n) is 3.66. The van der Waals surface area contributed by atoms with E-state index in [-0.39, 0.29) is 23.3 Å². The van der Waals surface area contributed by atoms with Crippen molar-refractivity contribution in [3.63, 3.8) is 0 Å². The Balaban J connectivity index is 3.59. The van der Waals surface area contributed by atoms with Gasteiger partial charge in [-0.1, -0.05) is 24.3 Å². The second-order valence-corrected chi connectivity index (χ2v) is 3.66. The van der Waals surface area contributed by atoms with Gasteiger partial charge in [-0.2, -0.15) is 18.4 Å². The molecule has 0 saturated carbocycles. The summed E-state index contributed by atoms with van der Waals surface area (Å²) in [7, 11) is 1.28. The summed E-state index contributed by atoms with van der Waals surface area (Å²) in [5.41, 5.74) is -1.50. The second kappa shape index (κ2) is 6.10. The van der Waals surface area contributed by atoms with Crippen molar-refractivity contribution < 1.29 is 17.9 Å². The van der Waals surface area contributed by atoms with Gasteiger partial charge in [0, 0.05) is 17.6 Å². The quantitative estimate of drug-likeness (QED) is 0.607. The lowest BCUT2D eigenvalue weighted by atomic mass is 9.97. The molecule has 0 amide bonds. The van der Waals surface area contributed by atoms with E-state index in [1.807, 2.05) is 0 Å². The first-order valence-electron chi connectivity index (χ1n) is 5.40. The first-order chi connectivity index (χ1) is 8.95. The van der Waals surface area contributed by atoms with Gasteiger partial charge in [-0.3, -0.25) is 0 Å². The standard InChI is InChI=1S/C14H12F3NO/c1-3-6-10(9-18)13(14(15,16)17)11-7-4-5-8-12(11)19-2/h3-5,7-8H,1,6H2,2H3/b13-10+. The molecule has 0 saturated heterocycles. The van der Waals surface area contributed by atoms with Crippen molar-refractivity contribution >= 4 is 5.57 Å². The Hall–Kier alpha value is -2.22. The summed E-state index contributed by atoms with van der Waals surface area (Å²) >= 11 is 0. The van der Waals surface area contributed by atoms with E-state index in [0.717, 1.165) is 0 Å². The van der Waals surface area contributed by atoms with Crippen molar-refractivity contribution in [1.82, 2.24) is 0 Å². The van der Waals surface area contributed by atoms with Gasteiger partial charge in [0.1, 0.15) is 5.75 Å². The Morgan fingerprint density at radius 2 is 2.05 bits per heavy atom. The van der Waals surface area contributed by atoms with Crippen LogP contribution in [0.5, 0.6) is 5.75 Å². The maximum atomic E-state index is 13.2. The van der Waals surface area contributed by atoms with E-state index in [2.05, 4.69) is 6.58 Å². The molecule has 0 aromatic heterocycles. The van der Waals surface area contributed by atoms with Gasteiger partial charge in [0.05, 0.1) is 18.8 Å². The van der Waals surface area contributed by atoms with Gasteiger partial charge in [-0.25, -0.2) is 0 Å². The average molecular weight is 267 g/mol. The molecule has 0 aliphatic rings. The van der Waals surface area contributed by atoms with Gasteiger partial charge < -0.3 is 4.74 Å². The number of ether oxygens (including phenoxy) is 1. The van der Waals surface area contributed by atoms with E-state index >= 15 is 0 Å². The van der Waals surface area contributed by atoms with Crippen LogP contribution in [0.2, 0.25) is 0 Å². The molecule has 1 rings (SSSR count). The summed E-state index contributed by atoms with van der Waals surface area (Å²) in [4.78, 5) is 0. The lowest BCUT2D eigenvalue weighted by Gasteiger charge is -2.16. The maximum Gasteiger partial charge on any atom is 0.418 e. The van der Waals surface area contributed by atoms with Crippen LogP contribution in [-0.2, 0) is 0 Å². The number of alkyl halides is 3. The number of benzene rings is 1.